The van der Waals surface area contributed by atoms with E-state index >= 15 is 0 Å². The zero-order chi connectivity index (χ0) is 9.97. The van der Waals surface area contributed by atoms with Crippen molar-refractivity contribution in [1.29, 1.82) is 0 Å². The van der Waals surface area contributed by atoms with Gasteiger partial charge in [-0.2, -0.15) is 5.10 Å². The van der Waals surface area contributed by atoms with Gasteiger partial charge in [0.25, 0.3) is 0 Å². The molecule has 2 heterocycles. The van der Waals surface area contributed by atoms with Crippen molar-refractivity contribution < 1.29 is 0 Å². The Morgan fingerprint density at radius 1 is 1.21 bits per heavy atom. The highest BCUT2D eigenvalue weighted by molar-refractivity contribution is 5.57. The van der Waals surface area contributed by atoms with Gasteiger partial charge < -0.3 is 0 Å². The first-order valence-electron chi connectivity index (χ1n) is 4.73. The summed E-state index contributed by atoms with van der Waals surface area (Å²) in [5, 5.41) is 4.28. The Balaban J connectivity index is 2.47. The minimum atomic E-state index is 0.375. The molecule has 0 amide bonds. The summed E-state index contributed by atoms with van der Waals surface area (Å²) in [5.74, 6) is 0. The van der Waals surface area contributed by atoms with Gasteiger partial charge in [0.05, 0.1) is 5.69 Å². The average Bonchev–Trinajstić information content (AvgIpc) is 2.67. The van der Waals surface area contributed by atoms with E-state index in [2.05, 4.69) is 23.9 Å². The van der Waals surface area contributed by atoms with Crippen molar-refractivity contribution in [3.8, 4) is 11.3 Å². The molecule has 72 valence electrons. The molecule has 0 spiro atoms. The number of nitrogens with zero attached hydrogens (tertiary/aromatic N) is 3. The highest BCUT2D eigenvalue weighted by atomic mass is 15.3. The first kappa shape index (κ1) is 8.94. The molecule has 2 rings (SSSR count). The van der Waals surface area contributed by atoms with Crippen molar-refractivity contribution in [2.75, 3.05) is 0 Å². The Morgan fingerprint density at radius 3 is 2.71 bits per heavy atom. The Labute approximate surface area is 83.4 Å². The lowest BCUT2D eigenvalue weighted by Gasteiger charge is -2.10. The highest BCUT2D eigenvalue weighted by Gasteiger charge is 2.07. The summed E-state index contributed by atoms with van der Waals surface area (Å²) in [6.07, 6.45) is 5.46. The molecule has 3 heteroatoms. The van der Waals surface area contributed by atoms with Gasteiger partial charge in [0.15, 0.2) is 0 Å². The lowest BCUT2D eigenvalue weighted by molar-refractivity contribution is 0.538. The lowest BCUT2D eigenvalue weighted by atomic mass is 10.2. The molecule has 0 saturated heterocycles. The first-order chi connectivity index (χ1) is 6.79. The maximum Gasteiger partial charge on any atom is 0.0700 e. The Bertz CT molecular complexity index is 403. The summed E-state index contributed by atoms with van der Waals surface area (Å²) < 4.78 is 2.00. The third-order valence-corrected chi connectivity index (χ3v) is 2.12. The maximum atomic E-state index is 4.28. The standard InChI is InChI=1S/C11H13N3/c1-9(2)14-11(5-7-13-14)10-4-3-6-12-8-10/h3-9H,1-2H3. The Hall–Kier alpha value is -1.64. The fraction of sp³-hybridized carbons (Fsp3) is 0.273. The summed E-state index contributed by atoms with van der Waals surface area (Å²) in [4.78, 5) is 4.10. The molecule has 0 unspecified atom stereocenters. The molecule has 0 aromatic carbocycles. The van der Waals surface area contributed by atoms with Crippen molar-refractivity contribution in [2.24, 2.45) is 0 Å². The number of hydrogen-bond acceptors (Lipinski definition) is 2. The smallest absolute Gasteiger partial charge is 0.0700 e. The topological polar surface area (TPSA) is 30.7 Å². The monoisotopic (exact) mass is 187 g/mol. The van der Waals surface area contributed by atoms with E-state index in [1.807, 2.05) is 35.3 Å². The van der Waals surface area contributed by atoms with E-state index in [9.17, 15) is 0 Å². The van der Waals surface area contributed by atoms with Crippen LogP contribution in [0.3, 0.4) is 0 Å². The lowest BCUT2D eigenvalue weighted by Crippen LogP contribution is -2.04. The van der Waals surface area contributed by atoms with Crippen molar-refractivity contribution in [3.05, 3.63) is 36.8 Å². The van der Waals surface area contributed by atoms with Gasteiger partial charge in [0.2, 0.25) is 0 Å². The quantitative estimate of drug-likeness (QED) is 0.723. The van der Waals surface area contributed by atoms with Crippen LogP contribution in [0.1, 0.15) is 19.9 Å². The van der Waals surface area contributed by atoms with E-state index in [0.717, 1.165) is 11.3 Å². The van der Waals surface area contributed by atoms with Gasteiger partial charge in [-0.3, -0.25) is 9.67 Å². The van der Waals surface area contributed by atoms with Crippen LogP contribution in [0, 0.1) is 0 Å². The number of pyridine rings is 1. The van der Waals surface area contributed by atoms with Gasteiger partial charge in [0.1, 0.15) is 0 Å². The van der Waals surface area contributed by atoms with Crippen LogP contribution in [0.4, 0.5) is 0 Å². The van der Waals surface area contributed by atoms with Crippen LogP contribution in [0.15, 0.2) is 36.8 Å². The predicted molar refractivity (Wildman–Crippen MR) is 55.8 cm³/mol. The fourth-order valence-corrected chi connectivity index (χ4v) is 1.47. The molecule has 3 nitrogen and oxygen atoms in total. The zero-order valence-corrected chi connectivity index (χ0v) is 8.38. The summed E-state index contributed by atoms with van der Waals surface area (Å²) >= 11 is 0. The van der Waals surface area contributed by atoms with Crippen LogP contribution in [0.2, 0.25) is 0 Å². The molecule has 0 radical (unpaired) electrons. The van der Waals surface area contributed by atoms with Gasteiger partial charge in [-0.1, -0.05) is 0 Å². The maximum absolute atomic E-state index is 4.28. The van der Waals surface area contributed by atoms with Crippen LogP contribution in [-0.2, 0) is 0 Å². The predicted octanol–water partition coefficient (Wildman–Crippen LogP) is 2.53. The van der Waals surface area contributed by atoms with E-state index in [1.165, 1.54) is 0 Å². The second-order valence-electron chi connectivity index (χ2n) is 3.50. The number of hydrogen-bond donors (Lipinski definition) is 0. The normalized spacial score (nSPS) is 10.8. The molecule has 0 saturated carbocycles. The van der Waals surface area contributed by atoms with Gasteiger partial charge in [0, 0.05) is 30.2 Å². The van der Waals surface area contributed by atoms with Crippen LogP contribution >= 0.6 is 0 Å². The molecule has 0 bridgehead atoms. The zero-order valence-electron chi connectivity index (χ0n) is 8.38. The number of aromatic nitrogens is 3. The minimum absolute atomic E-state index is 0.375. The molecule has 0 aliphatic rings. The average molecular weight is 187 g/mol. The van der Waals surface area contributed by atoms with Crippen molar-refractivity contribution >= 4 is 0 Å². The Kier molecular flexibility index (Phi) is 2.31. The second kappa shape index (κ2) is 3.62. The van der Waals surface area contributed by atoms with Crippen LogP contribution in [0.5, 0.6) is 0 Å². The van der Waals surface area contributed by atoms with Gasteiger partial charge >= 0.3 is 0 Å². The first-order valence-corrected chi connectivity index (χ1v) is 4.73. The second-order valence-corrected chi connectivity index (χ2v) is 3.50. The van der Waals surface area contributed by atoms with Crippen molar-refractivity contribution in [1.82, 2.24) is 14.8 Å². The van der Waals surface area contributed by atoms with E-state index < -0.39 is 0 Å². The third-order valence-electron chi connectivity index (χ3n) is 2.12. The summed E-state index contributed by atoms with van der Waals surface area (Å²) in [6, 6.07) is 6.37. The van der Waals surface area contributed by atoms with Gasteiger partial charge in [-0.15, -0.1) is 0 Å². The summed E-state index contributed by atoms with van der Waals surface area (Å²) in [6.45, 7) is 4.24. The van der Waals surface area contributed by atoms with Crippen molar-refractivity contribution in [3.63, 3.8) is 0 Å². The van der Waals surface area contributed by atoms with Crippen molar-refractivity contribution in [2.45, 2.75) is 19.9 Å². The molecule has 14 heavy (non-hydrogen) atoms. The van der Waals surface area contributed by atoms with Crippen LogP contribution < -0.4 is 0 Å². The van der Waals surface area contributed by atoms with E-state index in [-0.39, 0.29) is 0 Å². The summed E-state index contributed by atoms with van der Waals surface area (Å²) in [7, 11) is 0. The molecule has 2 aromatic rings. The van der Waals surface area contributed by atoms with E-state index in [4.69, 9.17) is 0 Å². The fourth-order valence-electron chi connectivity index (χ4n) is 1.47. The molecule has 0 fully saturated rings. The Morgan fingerprint density at radius 2 is 2.07 bits per heavy atom. The minimum Gasteiger partial charge on any atom is -0.264 e. The van der Waals surface area contributed by atoms with Crippen LogP contribution in [0.25, 0.3) is 11.3 Å². The molecule has 0 atom stereocenters. The van der Waals surface area contributed by atoms with Gasteiger partial charge in [-0.05, 0) is 32.0 Å². The SMILES string of the molecule is CC(C)n1nccc1-c1cccnc1. The molecule has 0 N–H and O–H groups in total. The third kappa shape index (κ3) is 1.53. The molecule has 0 aliphatic heterocycles. The van der Waals surface area contributed by atoms with Crippen LogP contribution in [-0.4, -0.2) is 14.8 Å². The molecule has 2 aromatic heterocycles. The molecule has 0 aliphatic carbocycles. The van der Waals surface area contributed by atoms with Gasteiger partial charge in [-0.25, -0.2) is 0 Å². The van der Waals surface area contributed by atoms with E-state index in [0.29, 0.717) is 6.04 Å². The highest BCUT2D eigenvalue weighted by Crippen LogP contribution is 2.20. The summed E-state index contributed by atoms with van der Waals surface area (Å²) in [5.41, 5.74) is 2.23. The number of rotatable bonds is 2. The molecular weight excluding hydrogens is 174 g/mol. The van der Waals surface area contributed by atoms with E-state index in [1.54, 1.807) is 6.20 Å². The largest absolute Gasteiger partial charge is 0.264 e. The molecular formula is C11H13N3.